The van der Waals surface area contributed by atoms with Crippen LogP contribution in [0.1, 0.15) is 48.3 Å². The average Bonchev–Trinajstić information content (AvgIpc) is 3.19. The predicted molar refractivity (Wildman–Crippen MR) is 95.6 cm³/mol. The summed E-state index contributed by atoms with van der Waals surface area (Å²) in [6, 6.07) is 14.4. The summed E-state index contributed by atoms with van der Waals surface area (Å²) in [5.74, 6) is 0.949. The SMILES string of the molecule is Cc1cccc2c1NC(=O)[C@H]2Cc1ccc(OC2CCCC2)cc1. The summed E-state index contributed by atoms with van der Waals surface area (Å²) < 4.78 is 6.01. The molecule has 0 spiro atoms. The van der Waals surface area contributed by atoms with Gasteiger partial charge in [0.25, 0.3) is 0 Å². The Labute approximate surface area is 143 Å². The maximum absolute atomic E-state index is 12.3. The number of anilines is 1. The number of rotatable bonds is 4. The fraction of sp³-hybridized carbons (Fsp3) is 0.381. The number of para-hydroxylation sites is 1. The number of nitrogens with one attached hydrogen (secondary N) is 1. The molecule has 1 fully saturated rings. The molecule has 0 bridgehead atoms. The van der Waals surface area contributed by atoms with E-state index in [-0.39, 0.29) is 11.8 Å². The number of carbonyl (C=O) groups is 1. The molecule has 2 aliphatic rings. The molecule has 2 aromatic rings. The molecule has 1 atom stereocenters. The number of ether oxygens (including phenoxy) is 1. The third kappa shape index (κ3) is 2.91. The van der Waals surface area contributed by atoms with E-state index in [9.17, 15) is 4.79 Å². The fourth-order valence-corrected chi connectivity index (χ4v) is 3.84. The van der Waals surface area contributed by atoms with E-state index in [0.717, 1.165) is 29.0 Å². The van der Waals surface area contributed by atoms with Gasteiger partial charge < -0.3 is 10.1 Å². The van der Waals surface area contributed by atoms with E-state index in [0.29, 0.717) is 6.10 Å². The fourth-order valence-electron chi connectivity index (χ4n) is 3.84. The van der Waals surface area contributed by atoms with E-state index >= 15 is 0 Å². The van der Waals surface area contributed by atoms with Gasteiger partial charge in [-0.2, -0.15) is 0 Å². The lowest BCUT2D eigenvalue weighted by atomic mass is 9.92. The lowest BCUT2D eigenvalue weighted by Crippen LogP contribution is -2.14. The van der Waals surface area contributed by atoms with Gasteiger partial charge in [0, 0.05) is 5.69 Å². The molecular formula is C21H23NO2. The lowest BCUT2D eigenvalue weighted by molar-refractivity contribution is -0.117. The number of aryl methyl sites for hydroxylation is 1. The van der Waals surface area contributed by atoms with Crippen LogP contribution in [0.5, 0.6) is 5.75 Å². The first-order valence-corrected chi connectivity index (χ1v) is 8.86. The Kier molecular flexibility index (Phi) is 4.01. The summed E-state index contributed by atoms with van der Waals surface area (Å²) in [5, 5.41) is 3.03. The topological polar surface area (TPSA) is 38.3 Å². The smallest absolute Gasteiger partial charge is 0.232 e. The molecule has 1 aliphatic carbocycles. The molecule has 1 aliphatic heterocycles. The maximum atomic E-state index is 12.3. The van der Waals surface area contributed by atoms with E-state index < -0.39 is 0 Å². The molecule has 24 heavy (non-hydrogen) atoms. The largest absolute Gasteiger partial charge is 0.490 e. The minimum atomic E-state index is -0.0958. The molecule has 4 rings (SSSR count). The first-order chi connectivity index (χ1) is 11.7. The summed E-state index contributed by atoms with van der Waals surface area (Å²) in [4.78, 5) is 12.3. The lowest BCUT2D eigenvalue weighted by Gasteiger charge is -2.14. The molecule has 1 N–H and O–H groups in total. The molecule has 0 radical (unpaired) electrons. The molecule has 0 saturated heterocycles. The van der Waals surface area contributed by atoms with Gasteiger partial charge in [-0.1, -0.05) is 30.3 Å². The first kappa shape index (κ1) is 15.3. The van der Waals surface area contributed by atoms with E-state index in [2.05, 4.69) is 23.5 Å². The molecule has 124 valence electrons. The van der Waals surface area contributed by atoms with Crippen molar-refractivity contribution in [3.05, 3.63) is 59.2 Å². The van der Waals surface area contributed by atoms with Gasteiger partial charge in [0.15, 0.2) is 0 Å². The normalized spacial score (nSPS) is 20.0. The zero-order chi connectivity index (χ0) is 16.5. The van der Waals surface area contributed by atoms with Gasteiger partial charge in [0.1, 0.15) is 5.75 Å². The summed E-state index contributed by atoms with van der Waals surface area (Å²) >= 11 is 0. The highest BCUT2D eigenvalue weighted by Crippen LogP contribution is 2.37. The van der Waals surface area contributed by atoms with Crippen LogP contribution in [0.15, 0.2) is 42.5 Å². The van der Waals surface area contributed by atoms with Crippen molar-refractivity contribution in [1.29, 1.82) is 0 Å². The number of hydrogen-bond donors (Lipinski definition) is 1. The van der Waals surface area contributed by atoms with Crippen molar-refractivity contribution in [2.75, 3.05) is 5.32 Å². The second-order valence-corrected chi connectivity index (χ2v) is 6.95. The minimum Gasteiger partial charge on any atom is -0.490 e. The molecule has 2 aromatic carbocycles. The van der Waals surface area contributed by atoms with E-state index in [1.807, 2.05) is 31.2 Å². The van der Waals surface area contributed by atoms with E-state index in [1.165, 1.54) is 31.2 Å². The standard InChI is InChI=1S/C21H23NO2/c1-14-5-4-8-18-19(21(23)22-20(14)18)13-15-9-11-17(12-10-15)24-16-6-2-3-7-16/h4-5,8-12,16,19H,2-3,6-7,13H2,1H3,(H,22,23)/t19-/m0/s1. The Morgan fingerprint density at radius 2 is 1.83 bits per heavy atom. The van der Waals surface area contributed by atoms with Crippen LogP contribution in [0.3, 0.4) is 0 Å². The number of fused-ring (bicyclic) bond motifs is 1. The van der Waals surface area contributed by atoms with Crippen LogP contribution < -0.4 is 10.1 Å². The number of amides is 1. The summed E-state index contributed by atoms with van der Waals surface area (Å²) in [6.07, 6.45) is 5.99. The summed E-state index contributed by atoms with van der Waals surface area (Å²) in [6.45, 7) is 2.04. The average molecular weight is 321 g/mol. The second kappa shape index (κ2) is 6.31. The van der Waals surface area contributed by atoms with Gasteiger partial charge in [-0.05, 0) is 67.9 Å². The molecular weight excluding hydrogens is 298 g/mol. The Bertz CT molecular complexity index is 745. The number of carbonyl (C=O) groups excluding carboxylic acids is 1. The zero-order valence-corrected chi connectivity index (χ0v) is 14.0. The van der Waals surface area contributed by atoms with Gasteiger partial charge in [-0.25, -0.2) is 0 Å². The van der Waals surface area contributed by atoms with Crippen molar-refractivity contribution in [3.8, 4) is 5.75 Å². The van der Waals surface area contributed by atoms with Crippen molar-refractivity contribution in [2.24, 2.45) is 0 Å². The quantitative estimate of drug-likeness (QED) is 0.894. The third-order valence-corrected chi connectivity index (χ3v) is 5.21. The predicted octanol–water partition coefficient (Wildman–Crippen LogP) is 4.59. The van der Waals surface area contributed by atoms with Crippen LogP contribution in [0.4, 0.5) is 5.69 Å². The monoisotopic (exact) mass is 321 g/mol. The van der Waals surface area contributed by atoms with Crippen LogP contribution in [0, 0.1) is 6.92 Å². The van der Waals surface area contributed by atoms with E-state index in [4.69, 9.17) is 4.74 Å². The number of benzene rings is 2. The molecule has 3 heteroatoms. The zero-order valence-electron chi connectivity index (χ0n) is 14.0. The first-order valence-electron chi connectivity index (χ1n) is 8.86. The molecule has 1 amide bonds. The molecule has 0 aromatic heterocycles. The minimum absolute atomic E-state index is 0.0958. The van der Waals surface area contributed by atoms with Gasteiger partial charge in [0.05, 0.1) is 12.0 Å². The Morgan fingerprint density at radius 3 is 2.58 bits per heavy atom. The third-order valence-electron chi connectivity index (χ3n) is 5.21. The Balaban J connectivity index is 1.48. The highest BCUT2D eigenvalue weighted by atomic mass is 16.5. The molecule has 1 heterocycles. The highest BCUT2D eigenvalue weighted by Gasteiger charge is 2.31. The van der Waals surface area contributed by atoms with Crippen molar-refractivity contribution in [1.82, 2.24) is 0 Å². The van der Waals surface area contributed by atoms with Crippen LogP contribution in [0.25, 0.3) is 0 Å². The maximum Gasteiger partial charge on any atom is 0.232 e. The van der Waals surface area contributed by atoms with Crippen LogP contribution in [-0.2, 0) is 11.2 Å². The highest BCUT2D eigenvalue weighted by molar-refractivity contribution is 6.03. The van der Waals surface area contributed by atoms with Crippen molar-refractivity contribution < 1.29 is 9.53 Å². The molecule has 3 nitrogen and oxygen atoms in total. The molecule has 0 unspecified atom stereocenters. The van der Waals surface area contributed by atoms with Crippen LogP contribution >= 0.6 is 0 Å². The summed E-state index contributed by atoms with van der Waals surface area (Å²) in [7, 11) is 0. The number of hydrogen-bond acceptors (Lipinski definition) is 2. The van der Waals surface area contributed by atoms with Gasteiger partial charge in [0.2, 0.25) is 5.91 Å². The van der Waals surface area contributed by atoms with Crippen LogP contribution in [0.2, 0.25) is 0 Å². The van der Waals surface area contributed by atoms with Gasteiger partial charge >= 0.3 is 0 Å². The van der Waals surface area contributed by atoms with Crippen LogP contribution in [-0.4, -0.2) is 12.0 Å². The van der Waals surface area contributed by atoms with Gasteiger partial charge in [-0.15, -0.1) is 0 Å². The van der Waals surface area contributed by atoms with Crippen molar-refractivity contribution in [3.63, 3.8) is 0 Å². The van der Waals surface area contributed by atoms with Gasteiger partial charge in [-0.3, -0.25) is 4.79 Å². The van der Waals surface area contributed by atoms with Crippen molar-refractivity contribution in [2.45, 2.75) is 51.0 Å². The Morgan fingerprint density at radius 1 is 1.08 bits per heavy atom. The molecule has 1 saturated carbocycles. The second-order valence-electron chi connectivity index (χ2n) is 6.95. The van der Waals surface area contributed by atoms with E-state index in [1.54, 1.807) is 0 Å². The summed E-state index contributed by atoms with van der Waals surface area (Å²) in [5.41, 5.74) is 4.41. The Hall–Kier alpha value is -2.29. The van der Waals surface area contributed by atoms with Crippen molar-refractivity contribution >= 4 is 11.6 Å².